The lowest BCUT2D eigenvalue weighted by Gasteiger charge is -2.12. The molecule has 2 rings (SSSR count). The predicted octanol–water partition coefficient (Wildman–Crippen LogP) is 2.71. The first-order chi connectivity index (χ1) is 11.3. The van der Waals surface area contributed by atoms with E-state index < -0.39 is 0 Å². The molecular formula is C17H32N6. The third-order valence-corrected chi connectivity index (χ3v) is 4.57. The van der Waals surface area contributed by atoms with Crippen LogP contribution < -0.4 is 10.6 Å². The summed E-state index contributed by atoms with van der Waals surface area (Å²) in [5.74, 6) is 2.78. The van der Waals surface area contributed by atoms with Crippen molar-refractivity contribution in [3.8, 4) is 0 Å². The largest absolute Gasteiger partial charge is 0.357 e. The SMILES string of the molecule is CCNC(=NCc1nncn1CC)NCCCCC1CCCC1. The van der Waals surface area contributed by atoms with Crippen molar-refractivity contribution in [2.24, 2.45) is 10.9 Å². The summed E-state index contributed by atoms with van der Waals surface area (Å²) in [6.45, 7) is 7.47. The van der Waals surface area contributed by atoms with Crippen molar-refractivity contribution in [1.82, 2.24) is 25.4 Å². The number of nitrogens with zero attached hydrogens (tertiary/aromatic N) is 4. The van der Waals surface area contributed by atoms with Crippen LogP contribution >= 0.6 is 0 Å². The summed E-state index contributed by atoms with van der Waals surface area (Å²) >= 11 is 0. The average molecular weight is 320 g/mol. The zero-order valence-electron chi connectivity index (χ0n) is 14.7. The Morgan fingerprint density at radius 3 is 2.83 bits per heavy atom. The molecule has 1 fully saturated rings. The van der Waals surface area contributed by atoms with E-state index in [2.05, 4.69) is 39.7 Å². The molecule has 0 bridgehead atoms. The molecule has 0 unspecified atom stereocenters. The van der Waals surface area contributed by atoms with Crippen LogP contribution in [0, 0.1) is 5.92 Å². The van der Waals surface area contributed by atoms with E-state index in [0.29, 0.717) is 6.54 Å². The molecule has 1 heterocycles. The van der Waals surface area contributed by atoms with Gasteiger partial charge in [-0.2, -0.15) is 0 Å². The van der Waals surface area contributed by atoms with Crippen molar-refractivity contribution >= 4 is 5.96 Å². The molecular weight excluding hydrogens is 288 g/mol. The number of hydrogen-bond donors (Lipinski definition) is 2. The average Bonchev–Trinajstić information content (AvgIpc) is 3.23. The van der Waals surface area contributed by atoms with E-state index in [1.54, 1.807) is 6.33 Å². The van der Waals surface area contributed by atoms with Gasteiger partial charge in [0, 0.05) is 19.6 Å². The molecule has 0 amide bonds. The minimum atomic E-state index is 0.561. The lowest BCUT2D eigenvalue weighted by molar-refractivity contribution is 0.472. The Labute approximate surface area is 140 Å². The fourth-order valence-electron chi connectivity index (χ4n) is 3.22. The Hall–Kier alpha value is -1.59. The molecule has 6 nitrogen and oxygen atoms in total. The number of aromatic nitrogens is 3. The topological polar surface area (TPSA) is 67.1 Å². The second-order valence-electron chi connectivity index (χ2n) is 6.30. The number of aliphatic imine (C=N–C) groups is 1. The van der Waals surface area contributed by atoms with Gasteiger partial charge in [-0.3, -0.25) is 0 Å². The summed E-state index contributed by atoms with van der Waals surface area (Å²) in [6.07, 6.45) is 11.5. The van der Waals surface area contributed by atoms with Gasteiger partial charge in [0.1, 0.15) is 12.9 Å². The fraction of sp³-hybridized carbons (Fsp3) is 0.824. The number of nitrogens with one attached hydrogen (secondary N) is 2. The Morgan fingerprint density at radius 1 is 1.26 bits per heavy atom. The number of unbranched alkanes of at least 4 members (excludes halogenated alkanes) is 1. The van der Waals surface area contributed by atoms with Gasteiger partial charge in [-0.25, -0.2) is 4.99 Å². The van der Waals surface area contributed by atoms with Gasteiger partial charge in [-0.1, -0.05) is 38.5 Å². The molecule has 1 aliphatic carbocycles. The van der Waals surface area contributed by atoms with Crippen molar-refractivity contribution in [2.45, 2.75) is 71.9 Å². The first kappa shape index (κ1) is 17.8. The van der Waals surface area contributed by atoms with Crippen molar-refractivity contribution in [2.75, 3.05) is 13.1 Å². The van der Waals surface area contributed by atoms with Gasteiger partial charge >= 0.3 is 0 Å². The van der Waals surface area contributed by atoms with Crippen LogP contribution in [0.1, 0.15) is 64.6 Å². The maximum Gasteiger partial charge on any atom is 0.191 e. The molecule has 0 radical (unpaired) electrons. The van der Waals surface area contributed by atoms with E-state index in [4.69, 9.17) is 0 Å². The van der Waals surface area contributed by atoms with Crippen LogP contribution in [0.15, 0.2) is 11.3 Å². The molecule has 23 heavy (non-hydrogen) atoms. The normalized spacial score (nSPS) is 16.0. The second kappa shape index (κ2) is 10.2. The molecule has 6 heteroatoms. The minimum absolute atomic E-state index is 0.561. The van der Waals surface area contributed by atoms with Crippen LogP contribution in [0.4, 0.5) is 0 Å². The smallest absolute Gasteiger partial charge is 0.191 e. The molecule has 1 aromatic heterocycles. The summed E-state index contributed by atoms with van der Waals surface area (Å²) in [7, 11) is 0. The van der Waals surface area contributed by atoms with E-state index in [9.17, 15) is 0 Å². The lowest BCUT2D eigenvalue weighted by Crippen LogP contribution is -2.37. The Bertz CT molecular complexity index is 461. The highest BCUT2D eigenvalue weighted by Crippen LogP contribution is 2.28. The van der Waals surface area contributed by atoms with E-state index in [1.807, 2.05) is 4.57 Å². The summed E-state index contributed by atoms with van der Waals surface area (Å²) in [5, 5.41) is 14.8. The molecule has 2 N–H and O–H groups in total. The second-order valence-corrected chi connectivity index (χ2v) is 6.30. The standard InChI is InChI=1S/C17H32N6/c1-3-18-17(20-13-16-22-21-14-23(16)4-2)19-12-8-7-11-15-9-5-6-10-15/h14-15H,3-13H2,1-2H3,(H2,18,19,20). The summed E-state index contributed by atoms with van der Waals surface area (Å²) in [5.41, 5.74) is 0. The monoisotopic (exact) mass is 320 g/mol. The molecule has 1 aliphatic rings. The minimum Gasteiger partial charge on any atom is -0.357 e. The molecule has 0 saturated heterocycles. The van der Waals surface area contributed by atoms with E-state index >= 15 is 0 Å². The van der Waals surface area contributed by atoms with E-state index in [1.165, 1.54) is 44.9 Å². The van der Waals surface area contributed by atoms with E-state index in [-0.39, 0.29) is 0 Å². The van der Waals surface area contributed by atoms with Crippen LogP contribution in [0.3, 0.4) is 0 Å². The van der Waals surface area contributed by atoms with Crippen molar-refractivity contribution in [1.29, 1.82) is 0 Å². The van der Waals surface area contributed by atoms with E-state index in [0.717, 1.165) is 37.3 Å². The van der Waals surface area contributed by atoms with Crippen LogP contribution in [-0.2, 0) is 13.1 Å². The number of guanidine groups is 1. The number of aryl methyl sites for hydroxylation is 1. The van der Waals surface area contributed by atoms with Crippen LogP contribution in [-0.4, -0.2) is 33.8 Å². The van der Waals surface area contributed by atoms with Gasteiger partial charge < -0.3 is 15.2 Å². The van der Waals surface area contributed by atoms with Crippen molar-refractivity contribution in [3.63, 3.8) is 0 Å². The first-order valence-corrected chi connectivity index (χ1v) is 9.22. The Morgan fingerprint density at radius 2 is 2.09 bits per heavy atom. The van der Waals surface area contributed by atoms with Gasteiger partial charge in [0.15, 0.2) is 11.8 Å². The fourth-order valence-corrected chi connectivity index (χ4v) is 3.22. The van der Waals surface area contributed by atoms with Crippen LogP contribution in [0.5, 0.6) is 0 Å². The molecule has 1 aromatic rings. The van der Waals surface area contributed by atoms with Crippen molar-refractivity contribution in [3.05, 3.63) is 12.2 Å². The molecule has 1 saturated carbocycles. The highest BCUT2D eigenvalue weighted by atomic mass is 15.3. The third-order valence-electron chi connectivity index (χ3n) is 4.57. The maximum absolute atomic E-state index is 4.61. The highest BCUT2D eigenvalue weighted by Gasteiger charge is 2.13. The van der Waals surface area contributed by atoms with Gasteiger partial charge in [-0.05, 0) is 26.2 Å². The summed E-state index contributed by atoms with van der Waals surface area (Å²) in [6, 6.07) is 0. The Balaban J connectivity index is 1.68. The predicted molar refractivity (Wildman–Crippen MR) is 94.3 cm³/mol. The Kier molecular flexibility index (Phi) is 7.90. The molecule has 130 valence electrons. The molecule has 0 aliphatic heterocycles. The maximum atomic E-state index is 4.61. The van der Waals surface area contributed by atoms with Crippen molar-refractivity contribution < 1.29 is 0 Å². The van der Waals surface area contributed by atoms with Gasteiger partial charge in [0.25, 0.3) is 0 Å². The molecule has 0 spiro atoms. The third kappa shape index (κ3) is 6.20. The van der Waals surface area contributed by atoms with Gasteiger partial charge in [0.05, 0.1) is 0 Å². The van der Waals surface area contributed by atoms with Gasteiger partial charge in [-0.15, -0.1) is 10.2 Å². The number of hydrogen-bond acceptors (Lipinski definition) is 3. The highest BCUT2D eigenvalue weighted by molar-refractivity contribution is 5.79. The summed E-state index contributed by atoms with van der Waals surface area (Å²) < 4.78 is 2.02. The quantitative estimate of drug-likeness (QED) is 0.417. The number of rotatable bonds is 9. The van der Waals surface area contributed by atoms with Crippen LogP contribution in [0.25, 0.3) is 0 Å². The zero-order valence-corrected chi connectivity index (χ0v) is 14.7. The molecule has 0 atom stereocenters. The van der Waals surface area contributed by atoms with Gasteiger partial charge in [0.2, 0.25) is 0 Å². The molecule has 0 aromatic carbocycles. The summed E-state index contributed by atoms with van der Waals surface area (Å²) in [4.78, 5) is 4.61. The van der Waals surface area contributed by atoms with Crippen LogP contribution in [0.2, 0.25) is 0 Å². The first-order valence-electron chi connectivity index (χ1n) is 9.22. The zero-order chi connectivity index (χ0) is 16.3. The lowest BCUT2D eigenvalue weighted by atomic mass is 10.0.